The molecule has 2 aromatic rings. The minimum absolute atomic E-state index is 0.0157. The zero-order chi connectivity index (χ0) is 14.0. The lowest BCUT2D eigenvalue weighted by Gasteiger charge is -2.12. The predicted molar refractivity (Wildman–Crippen MR) is 68.2 cm³/mol. The third-order valence-corrected chi connectivity index (χ3v) is 2.24. The van der Waals surface area contributed by atoms with Crippen LogP contribution in [0.1, 0.15) is 0 Å². The van der Waals surface area contributed by atoms with Crippen LogP contribution >= 0.6 is 0 Å². The Kier molecular flexibility index (Phi) is 3.41. The summed E-state index contributed by atoms with van der Waals surface area (Å²) in [4.78, 5) is 13.3. The minimum atomic E-state index is -1.01. The molecule has 0 radical (unpaired) electrons. The molecule has 100 valence electrons. The van der Waals surface area contributed by atoms with E-state index in [1.165, 1.54) is 12.1 Å². The SMILES string of the molecule is CN(C)c1nc(N)nc(Nc2cccc(F)c2F)n1. The highest BCUT2D eigenvalue weighted by molar-refractivity contribution is 5.56. The summed E-state index contributed by atoms with van der Waals surface area (Å²) in [6, 6.07) is 3.76. The molecular formula is C11H12F2N6. The van der Waals surface area contributed by atoms with Gasteiger partial charge in [0.05, 0.1) is 5.69 Å². The first kappa shape index (κ1) is 12.9. The largest absolute Gasteiger partial charge is 0.368 e. The van der Waals surface area contributed by atoms with Crippen LogP contribution in [0.5, 0.6) is 0 Å². The number of nitrogens with one attached hydrogen (secondary N) is 1. The highest BCUT2D eigenvalue weighted by Crippen LogP contribution is 2.20. The van der Waals surface area contributed by atoms with Crippen LogP contribution < -0.4 is 16.0 Å². The van der Waals surface area contributed by atoms with E-state index < -0.39 is 11.6 Å². The number of aromatic nitrogens is 3. The first-order chi connectivity index (χ1) is 8.97. The molecule has 8 heteroatoms. The Morgan fingerprint density at radius 3 is 2.58 bits per heavy atom. The molecule has 0 amide bonds. The van der Waals surface area contributed by atoms with E-state index in [9.17, 15) is 8.78 Å². The standard InChI is InChI=1S/C11H12F2N6/c1-19(2)11-17-9(14)16-10(18-11)15-7-5-3-4-6(12)8(7)13/h3-5H,1-2H3,(H3,14,15,16,17,18). The Morgan fingerprint density at radius 1 is 1.16 bits per heavy atom. The molecular weight excluding hydrogens is 254 g/mol. The van der Waals surface area contributed by atoms with E-state index in [0.717, 1.165) is 6.07 Å². The normalized spacial score (nSPS) is 10.3. The number of halogens is 2. The van der Waals surface area contributed by atoms with E-state index in [1.54, 1.807) is 19.0 Å². The monoisotopic (exact) mass is 266 g/mol. The quantitative estimate of drug-likeness (QED) is 0.877. The van der Waals surface area contributed by atoms with Crippen molar-refractivity contribution in [1.82, 2.24) is 15.0 Å². The van der Waals surface area contributed by atoms with Gasteiger partial charge in [0.15, 0.2) is 11.6 Å². The van der Waals surface area contributed by atoms with Gasteiger partial charge in [0.25, 0.3) is 0 Å². The van der Waals surface area contributed by atoms with Crippen molar-refractivity contribution in [3.05, 3.63) is 29.8 Å². The summed E-state index contributed by atoms with van der Waals surface area (Å²) >= 11 is 0. The molecule has 0 bridgehead atoms. The molecule has 0 atom stereocenters. The average molecular weight is 266 g/mol. The molecule has 0 aliphatic heterocycles. The second kappa shape index (κ2) is 5.01. The Hall–Kier alpha value is -2.51. The van der Waals surface area contributed by atoms with Crippen LogP contribution in [0, 0.1) is 11.6 Å². The van der Waals surface area contributed by atoms with E-state index in [0.29, 0.717) is 5.95 Å². The summed E-state index contributed by atoms with van der Waals surface area (Å²) < 4.78 is 26.6. The molecule has 3 N–H and O–H groups in total. The van der Waals surface area contributed by atoms with Crippen LogP contribution in [0.3, 0.4) is 0 Å². The summed E-state index contributed by atoms with van der Waals surface area (Å²) in [6.45, 7) is 0. The molecule has 0 aliphatic carbocycles. The molecule has 0 saturated heterocycles. The maximum Gasteiger partial charge on any atom is 0.233 e. The van der Waals surface area contributed by atoms with Crippen molar-refractivity contribution in [1.29, 1.82) is 0 Å². The van der Waals surface area contributed by atoms with Crippen molar-refractivity contribution in [2.75, 3.05) is 30.0 Å². The minimum Gasteiger partial charge on any atom is -0.368 e. The first-order valence-electron chi connectivity index (χ1n) is 5.37. The third-order valence-electron chi connectivity index (χ3n) is 2.24. The first-order valence-corrected chi connectivity index (χ1v) is 5.37. The van der Waals surface area contributed by atoms with Crippen molar-refractivity contribution < 1.29 is 8.78 Å². The number of benzene rings is 1. The topological polar surface area (TPSA) is 80.0 Å². The van der Waals surface area contributed by atoms with E-state index in [2.05, 4.69) is 20.3 Å². The Labute approximate surface area is 108 Å². The Balaban J connectivity index is 2.35. The van der Waals surface area contributed by atoms with Crippen molar-refractivity contribution in [2.24, 2.45) is 0 Å². The summed E-state index contributed by atoms with van der Waals surface area (Å²) in [6.07, 6.45) is 0. The van der Waals surface area contributed by atoms with Gasteiger partial charge >= 0.3 is 0 Å². The second-order valence-electron chi connectivity index (χ2n) is 3.94. The predicted octanol–water partition coefficient (Wildman–Crippen LogP) is 1.54. The fourth-order valence-electron chi connectivity index (χ4n) is 1.36. The molecule has 0 aliphatic rings. The van der Waals surface area contributed by atoms with Crippen molar-refractivity contribution >= 4 is 23.5 Å². The smallest absolute Gasteiger partial charge is 0.233 e. The molecule has 0 spiro atoms. The lowest BCUT2D eigenvalue weighted by atomic mass is 10.3. The second-order valence-corrected chi connectivity index (χ2v) is 3.94. The Bertz CT molecular complexity index is 602. The molecule has 0 saturated carbocycles. The number of anilines is 4. The van der Waals surface area contributed by atoms with Gasteiger partial charge in [0, 0.05) is 14.1 Å². The number of hydrogen-bond acceptors (Lipinski definition) is 6. The van der Waals surface area contributed by atoms with Crippen LogP contribution in [-0.4, -0.2) is 29.0 Å². The number of nitrogen functional groups attached to an aromatic ring is 1. The number of hydrogen-bond donors (Lipinski definition) is 2. The summed E-state index contributed by atoms with van der Waals surface area (Å²) in [5, 5.41) is 2.57. The van der Waals surface area contributed by atoms with Gasteiger partial charge in [-0.2, -0.15) is 15.0 Å². The highest BCUT2D eigenvalue weighted by Gasteiger charge is 2.11. The van der Waals surface area contributed by atoms with Gasteiger partial charge in [0.2, 0.25) is 17.8 Å². The lowest BCUT2D eigenvalue weighted by Crippen LogP contribution is -2.15. The van der Waals surface area contributed by atoms with Crippen molar-refractivity contribution in [3.8, 4) is 0 Å². The number of rotatable bonds is 3. The average Bonchev–Trinajstić information content (AvgIpc) is 2.34. The zero-order valence-corrected chi connectivity index (χ0v) is 10.4. The molecule has 1 aromatic carbocycles. The van der Waals surface area contributed by atoms with E-state index in [1.807, 2.05) is 0 Å². The van der Waals surface area contributed by atoms with E-state index in [-0.39, 0.29) is 17.6 Å². The van der Waals surface area contributed by atoms with Crippen LogP contribution in [0.2, 0.25) is 0 Å². The third kappa shape index (κ3) is 2.84. The fraction of sp³-hybridized carbons (Fsp3) is 0.182. The van der Waals surface area contributed by atoms with Gasteiger partial charge in [-0.1, -0.05) is 6.07 Å². The molecule has 0 unspecified atom stereocenters. The molecule has 1 heterocycles. The summed E-state index contributed by atoms with van der Waals surface area (Å²) in [5.74, 6) is -1.63. The van der Waals surface area contributed by atoms with Gasteiger partial charge in [0.1, 0.15) is 0 Å². The maximum absolute atomic E-state index is 13.5. The fourth-order valence-corrected chi connectivity index (χ4v) is 1.36. The summed E-state index contributed by atoms with van der Waals surface area (Å²) in [7, 11) is 3.45. The van der Waals surface area contributed by atoms with Crippen LogP contribution in [0.15, 0.2) is 18.2 Å². The molecule has 19 heavy (non-hydrogen) atoms. The van der Waals surface area contributed by atoms with Gasteiger partial charge in [-0.15, -0.1) is 0 Å². The number of nitrogens with two attached hydrogens (primary N) is 1. The van der Waals surface area contributed by atoms with E-state index in [4.69, 9.17) is 5.73 Å². The zero-order valence-electron chi connectivity index (χ0n) is 10.4. The number of nitrogens with zero attached hydrogens (tertiary/aromatic N) is 4. The van der Waals surface area contributed by atoms with Gasteiger partial charge in [-0.3, -0.25) is 0 Å². The Morgan fingerprint density at radius 2 is 1.89 bits per heavy atom. The molecule has 6 nitrogen and oxygen atoms in total. The molecule has 1 aromatic heterocycles. The lowest BCUT2D eigenvalue weighted by molar-refractivity contribution is 0.511. The van der Waals surface area contributed by atoms with Crippen LogP contribution in [-0.2, 0) is 0 Å². The maximum atomic E-state index is 13.5. The summed E-state index contributed by atoms with van der Waals surface area (Å²) in [5.41, 5.74) is 5.45. The van der Waals surface area contributed by atoms with E-state index >= 15 is 0 Å². The van der Waals surface area contributed by atoms with Gasteiger partial charge < -0.3 is 16.0 Å². The van der Waals surface area contributed by atoms with Gasteiger partial charge in [-0.05, 0) is 12.1 Å². The highest BCUT2D eigenvalue weighted by atomic mass is 19.2. The molecule has 2 rings (SSSR count). The van der Waals surface area contributed by atoms with Crippen molar-refractivity contribution in [3.63, 3.8) is 0 Å². The molecule has 0 fully saturated rings. The van der Waals surface area contributed by atoms with Crippen molar-refractivity contribution in [2.45, 2.75) is 0 Å². The van der Waals surface area contributed by atoms with Crippen LogP contribution in [0.4, 0.5) is 32.3 Å². The van der Waals surface area contributed by atoms with Crippen LogP contribution in [0.25, 0.3) is 0 Å². The van der Waals surface area contributed by atoms with Gasteiger partial charge in [-0.25, -0.2) is 8.78 Å².